The molecule has 112 valence electrons. The van der Waals surface area contributed by atoms with E-state index in [1.54, 1.807) is 13.8 Å². The van der Waals surface area contributed by atoms with Crippen LogP contribution in [-0.4, -0.2) is 50.4 Å². The van der Waals surface area contributed by atoms with E-state index in [-0.39, 0.29) is 13.2 Å². The number of esters is 2. The second-order valence-corrected chi connectivity index (χ2v) is 2.64. The number of ether oxygens (including phenoxy) is 2. The van der Waals surface area contributed by atoms with Crippen LogP contribution in [-0.2, 0) is 28.7 Å². The fourth-order valence-electron chi connectivity index (χ4n) is 0.487. The lowest BCUT2D eigenvalue weighted by Gasteiger charge is -1.97. The monoisotopic (exact) mass is 298 g/mol. The van der Waals surface area contributed by atoms with E-state index in [9.17, 15) is 19.2 Å². The van der Waals surface area contributed by atoms with E-state index >= 15 is 0 Å². The molecule has 19 heavy (non-hydrogen) atoms. The average Bonchev–Trinajstić information content (AvgIpc) is 2.41. The van der Waals surface area contributed by atoms with Crippen LogP contribution in [0.15, 0.2) is 0 Å². The molecule has 0 fully saturated rings. The molecule has 0 rings (SSSR count). The maximum atomic E-state index is 10.3. The van der Waals surface area contributed by atoms with Gasteiger partial charge in [-0.1, -0.05) is 0 Å². The third-order valence-electron chi connectivity index (χ3n) is 1.12. The number of carbonyl (C=O) groups is 4. The summed E-state index contributed by atoms with van der Waals surface area (Å²) < 4.78 is 8.53. The van der Waals surface area contributed by atoms with Crippen LogP contribution >= 0.6 is 11.6 Å². The quantitative estimate of drug-likeness (QED) is 0.396. The number of rotatable bonds is 3. The summed E-state index contributed by atoms with van der Waals surface area (Å²) in [5.74, 6) is -2.54. The summed E-state index contributed by atoms with van der Waals surface area (Å²) in [6, 6.07) is 0. The lowest BCUT2D eigenvalue weighted by molar-refractivity contribution is -0.154. The van der Waals surface area contributed by atoms with Crippen molar-refractivity contribution in [2.75, 3.05) is 27.3 Å². The highest BCUT2D eigenvalue weighted by atomic mass is 35.5. The summed E-state index contributed by atoms with van der Waals surface area (Å²) in [5.41, 5.74) is 4.50. The number of halogens is 1. The van der Waals surface area contributed by atoms with Crippen molar-refractivity contribution in [2.45, 2.75) is 13.8 Å². The number of nitrogens with one attached hydrogen (secondary N) is 1. The molecular formula is C10H19ClN2O6. The maximum absolute atomic E-state index is 10.3. The molecule has 0 unspecified atom stereocenters. The van der Waals surface area contributed by atoms with Crippen molar-refractivity contribution in [3.05, 3.63) is 0 Å². The highest BCUT2D eigenvalue weighted by Crippen LogP contribution is 1.83. The molecule has 9 heteroatoms. The highest BCUT2D eigenvalue weighted by molar-refractivity contribution is 6.80. The minimum Gasteiger partial charge on any atom is -0.459 e. The van der Waals surface area contributed by atoms with E-state index in [0.717, 1.165) is 0 Å². The van der Waals surface area contributed by atoms with E-state index < -0.39 is 23.1 Å². The Morgan fingerprint density at radius 1 is 1.00 bits per heavy atom. The summed E-state index contributed by atoms with van der Waals surface area (Å²) in [7, 11) is 2.87. The minimum absolute atomic E-state index is 0.178. The highest BCUT2D eigenvalue weighted by Gasteiger charge is 2.10. The second-order valence-electron chi connectivity index (χ2n) is 2.29. The van der Waals surface area contributed by atoms with Gasteiger partial charge >= 0.3 is 23.1 Å². The van der Waals surface area contributed by atoms with Crippen molar-refractivity contribution < 1.29 is 28.7 Å². The third kappa shape index (κ3) is 16.3. The van der Waals surface area contributed by atoms with Crippen LogP contribution in [0.5, 0.6) is 0 Å². The largest absolute Gasteiger partial charge is 0.459 e. The molecule has 0 spiro atoms. The van der Waals surface area contributed by atoms with Crippen LogP contribution in [0.2, 0.25) is 0 Å². The zero-order valence-electron chi connectivity index (χ0n) is 11.3. The van der Waals surface area contributed by atoms with Gasteiger partial charge in [0.25, 0.3) is 0 Å². The van der Waals surface area contributed by atoms with E-state index in [0.29, 0.717) is 0 Å². The molecule has 0 heterocycles. The van der Waals surface area contributed by atoms with Crippen molar-refractivity contribution in [1.29, 1.82) is 0 Å². The van der Waals surface area contributed by atoms with E-state index in [4.69, 9.17) is 11.6 Å². The number of likely N-dealkylation sites (N-methyl/N-ethyl adjacent to an activating group) is 1. The number of nitrogens with two attached hydrogens (primary N) is 1. The van der Waals surface area contributed by atoms with Gasteiger partial charge in [-0.15, -0.1) is 0 Å². The smallest absolute Gasteiger partial charge is 0.396 e. The SMILES string of the molecule is CCOC(=O)C(=O)Cl.CCOC(=O)C(=O)NC.CN. The molecule has 0 aromatic carbocycles. The maximum Gasteiger partial charge on any atom is 0.396 e. The number of amides is 1. The van der Waals surface area contributed by atoms with Crippen molar-refractivity contribution in [3.8, 4) is 0 Å². The molecule has 0 aliphatic rings. The Hall–Kier alpha value is -1.67. The van der Waals surface area contributed by atoms with Crippen LogP contribution < -0.4 is 11.1 Å². The molecule has 8 nitrogen and oxygen atoms in total. The first kappa shape index (κ1) is 22.5. The topological polar surface area (TPSA) is 125 Å². The van der Waals surface area contributed by atoms with Gasteiger partial charge in [0.1, 0.15) is 0 Å². The summed E-state index contributed by atoms with van der Waals surface area (Å²) in [5, 5.41) is 1.06. The zero-order valence-corrected chi connectivity index (χ0v) is 12.1. The Morgan fingerprint density at radius 2 is 1.37 bits per heavy atom. The predicted octanol–water partition coefficient (Wildman–Crippen LogP) is -0.815. The van der Waals surface area contributed by atoms with Crippen molar-refractivity contribution in [2.24, 2.45) is 5.73 Å². The molecule has 0 atom stereocenters. The van der Waals surface area contributed by atoms with Crippen LogP contribution in [0.25, 0.3) is 0 Å². The molecule has 0 saturated heterocycles. The van der Waals surface area contributed by atoms with E-state index in [1.165, 1.54) is 14.1 Å². The number of hydrogen-bond acceptors (Lipinski definition) is 7. The Balaban J connectivity index is -0.000000239. The minimum atomic E-state index is -1.08. The standard InChI is InChI=1S/C5H9NO3.C4H5ClO3.CH5N/c1-3-9-5(8)4(7)6-2;1-2-8-4(7)3(5)6;1-2/h3H2,1-2H3,(H,6,7);2H2,1H3;2H2,1H3. The first-order valence-corrected chi connectivity index (χ1v) is 5.61. The Labute approximate surface area is 116 Å². The number of carbonyl (C=O) groups excluding carboxylic acids is 4. The summed E-state index contributed by atoms with van der Waals surface area (Å²) in [6.07, 6.45) is 0. The molecule has 3 N–H and O–H groups in total. The second kappa shape index (κ2) is 16.3. The molecule has 0 bridgehead atoms. The predicted molar refractivity (Wildman–Crippen MR) is 68.3 cm³/mol. The lowest BCUT2D eigenvalue weighted by Crippen LogP contribution is -2.29. The first-order valence-electron chi connectivity index (χ1n) is 5.23. The molecule has 0 aliphatic heterocycles. The van der Waals surface area contributed by atoms with Gasteiger partial charge in [-0.05, 0) is 32.5 Å². The van der Waals surface area contributed by atoms with Gasteiger partial charge in [-0.2, -0.15) is 0 Å². The summed E-state index contributed by atoms with van der Waals surface area (Å²) in [4.78, 5) is 40.5. The van der Waals surface area contributed by atoms with Gasteiger partial charge in [0.2, 0.25) is 0 Å². The van der Waals surface area contributed by atoms with Crippen LogP contribution in [0.4, 0.5) is 0 Å². The van der Waals surface area contributed by atoms with E-state index in [2.05, 4.69) is 20.5 Å². The third-order valence-corrected chi connectivity index (χ3v) is 1.28. The van der Waals surface area contributed by atoms with Gasteiger partial charge in [-0.3, -0.25) is 9.59 Å². The molecule has 0 aromatic rings. The Kier molecular flexibility index (Phi) is 19.3. The number of hydrogen-bond donors (Lipinski definition) is 2. The fourth-order valence-corrected chi connectivity index (χ4v) is 0.541. The van der Waals surface area contributed by atoms with Crippen LogP contribution in [0.1, 0.15) is 13.8 Å². The van der Waals surface area contributed by atoms with Gasteiger partial charge in [0.05, 0.1) is 13.2 Å². The molecule has 0 aromatic heterocycles. The van der Waals surface area contributed by atoms with E-state index in [1.807, 2.05) is 0 Å². The van der Waals surface area contributed by atoms with Gasteiger partial charge < -0.3 is 20.5 Å². The fraction of sp³-hybridized carbons (Fsp3) is 0.600. The lowest BCUT2D eigenvalue weighted by atomic mass is 10.6. The van der Waals surface area contributed by atoms with Crippen molar-refractivity contribution >= 4 is 34.7 Å². The van der Waals surface area contributed by atoms with Gasteiger partial charge in [0.15, 0.2) is 0 Å². The molecule has 1 amide bonds. The summed E-state index contributed by atoms with van der Waals surface area (Å²) >= 11 is 4.69. The van der Waals surface area contributed by atoms with Crippen LogP contribution in [0, 0.1) is 0 Å². The van der Waals surface area contributed by atoms with Gasteiger partial charge in [0, 0.05) is 7.05 Å². The molecular weight excluding hydrogens is 280 g/mol. The normalized spacial score (nSPS) is 7.68. The van der Waals surface area contributed by atoms with Crippen LogP contribution in [0.3, 0.4) is 0 Å². The summed E-state index contributed by atoms with van der Waals surface area (Å²) in [6.45, 7) is 3.64. The van der Waals surface area contributed by atoms with Crippen molar-refractivity contribution in [1.82, 2.24) is 5.32 Å². The molecule has 0 radical (unpaired) electrons. The molecule has 0 saturated carbocycles. The molecule has 0 aliphatic carbocycles. The van der Waals surface area contributed by atoms with Gasteiger partial charge in [-0.25, -0.2) is 9.59 Å². The Bertz CT molecular complexity index is 296. The van der Waals surface area contributed by atoms with Crippen molar-refractivity contribution in [3.63, 3.8) is 0 Å². The zero-order chi connectivity index (χ0) is 15.8. The first-order chi connectivity index (χ1) is 8.90. The Morgan fingerprint density at radius 3 is 1.58 bits per heavy atom. The average molecular weight is 299 g/mol.